The summed E-state index contributed by atoms with van der Waals surface area (Å²) in [4.78, 5) is 31.9. The zero-order valence-corrected chi connectivity index (χ0v) is 19.0. The quantitative estimate of drug-likeness (QED) is 0.696. The lowest BCUT2D eigenvalue weighted by atomic mass is 9.88. The Kier molecular flexibility index (Phi) is 5.45. The molecule has 30 heavy (non-hydrogen) atoms. The van der Waals surface area contributed by atoms with Crippen LogP contribution in [-0.4, -0.2) is 66.7 Å². The third kappa shape index (κ3) is 4.01. The summed E-state index contributed by atoms with van der Waals surface area (Å²) in [5, 5.41) is 0. The molecule has 6 heteroatoms. The van der Waals surface area contributed by atoms with Crippen molar-refractivity contribution in [2.24, 2.45) is 5.92 Å². The summed E-state index contributed by atoms with van der Waals surface area (Å²) in [6.45, 7) is 11.0. The Labute approximate surface area is 180 Å². The van der Waals surface area contributed by atoms with Gasteiger partial charge in [-0.2, -0.15) is 0 Å². The van der Waals surface area contributed by atoms with Crippen LogP contribution in [0.5, 0.6) is 0 Å². The molecule has 1 aromatic rings. The summed E-state index contributed by atoms with van der Waals surface area (Å²) in [6, 6.07) is 6.50. The Morgan fingerprint density at radius 3 is 2.37 bits per heavy atom. The number of hydrogen-bond donors (Lipinski definition) is 0. The Morgan fingerprint density at radius 1 is 1.03 bits per heavy atom. The highest BCUT2D eigenvalue weighted by Crippen LogP contribution is 2.44. The van der Waals surface area contributed by atoms with Gasteiger partial charge in [0.15, 0.2) is 0 Å². The van der Waals surface area contributed by atoms with E-state index in [1.165, 1.54) is 11.3 Å². The van der Waals surface area contributed by atoms with E-state index in [0.717, 1.165) is 37.9 Å². The molecule has 2 atom stereocenters. The van der Waals surface area contributed by atoms with Crippen molar-refractivity contribution in [3.8, 4) is 0 Å². The third-order valence-electron chi connectivity index (χ3n) is 6.85. The summed E-state index contributed by atoms with van der Waals surface area (Å²) in [6.07, 6.45) is 2.82. The highest BCUT2D eigenvalue weighted by molar-refractivity contribution is 5.95. The first-order valence-electron chi connectivity index (χ1n) is 11.3. The molecule has 3 heterocycles. The maximum Gasteiger partial charge on any atom is 0.410 e. The lowest BCUT2D eigenvalue weighted by Crippen LogP contribution is -2.48. The fourth-order valence-electron chi connectivity index (χ4n) is 5.08. The number of likely N-dealkylation sites (N-methyl/N-ethyl adjacent to an activating group) is 1. The molecule has 2 unspecified atom stereocenters. The molecule has 2 amide bonds. The molecule has 4 rings (SSSR count). The monoisotopic (exact) mass is 413 g/mol. The van der Waals surface area contributed by atoms with Gasteiger partial charge in [-0.05, 0) is 69.7 Å². The molecule has 1 aromatic carbocycles. The van der Waals surface area contributed by atoms with Crippen molar-refractivity contribution in [1.29, 1.82) is 0 Å². The van der Waals surface area contributed by atoms with Crippen molar-refractivity contribution < 1.29 is 14.3 Å². The molecule has 0 spiro atoms. The van der Waals surface area contributed by atoms with Crippen LogP contribution in [0.15, 0.2) is 18.2 Å². The second kappa shape index (κ2) is 7.78. The van der Waals surface area contributed by atoms with Gasteiger partial charge in [0.1, 0.15) is 5.60 Å². The van der Waals surface area contributed by atoms with E-state index in [4.69, 9.17) is 4.74 Å². The number of nitrogens with zero attached hydrogens (tertiary/aromatic N) is 3. The number of carbonyl (C=O) groups is 2. The first-order chi connectivity index (χ1) is 14.1. The van der Waals surface area contributed by atoms with Crippen LogP contribution in [0.25, 0.3) is 0 Å². The van der Waals surface area contributed by atoms with E-state index in [0.29, 0.717) is 25.0 Å². The van der Waals surface area contributed by atoms with Gasteiger partial charge < -0.3 is 19.4 Å². The van der Waals surface area contributed by atoms with Gasteiger partial charge in [-0.1, -0.05) is 6.92 Å². The van der Waals surface area contributed by atoms with Gasteiger partial charge in [0.2, 0.25) is 0 Å². The molecule has 0 aromatic heterocycles. The lowest BCUT2D eigenvalue weighted by Gasteiger charge is -2.38. The van der Waals surface area contributed by atoms with Crippen LogP contribution in [0, 0.1) is 5.92 Å². The molecule has 6 nitrogen and oxygen atoms in total. The van der Waals surface area contributed by atoms with Gasteiger partial charge in [0, 0.05) is 56.4 Å². The van der Waals surface area contributed by atoms with E-state index in [1.807, 2.05) is 36.6 Å². The van der Waals surface area contributed by atoms with Crippen LogP contribution in [0.1, 0.15) is 68.8 Å². The zero-order valence-electron chi connectivity index (χ0n) is 19.0. The minimum Gasteiger partial charge on any atom is -0.444 e. The summed E-state index contributed by atoms with van der Waals surface area (Å²) >= 11 is 0. The second-order valence-electron chi connectivity index (χ2n) is 10.2. The van der Waals surface area contributed by atoms with E-state index < -0.39 is 5.60 Å². The fourth-order valence-corrected chi connectivity index (χ4v) is 5.08. The highest BCUT2D eigenvalue weighted by atomic mass is 16.6. The number of piperidine rings is 2. The standard InChI is InChI=1S/C24H35N3O3/c1-16-8-11-26(12-9-16)22(28)17-6-7-20-18(14-17)19-15-27(13-10-21(19)25(20)5)23(29)30-24(2,3)4/h6-7,14,16,19,21H,8-13,15H2,1-5H3. The van der Waals surface area contributed by atoms with E-state index >= 15 is 0 Å². The molecule has 2 fully saturated rings. The molecule has 164 valence electrons. The van der Waals surface area contributed by atoms with Gasteiger partial charge in [-0.25, -0.2) is 4.79 Å². The summed E-state index contributed by atoms with van der Waals surface area (Å²) in [7, 11) is 2.13. The van der Waals surface area contributed by atoms with E-state index in [9.17, 15) is 9.59 Å². The van der Waals surface area contributed by atoms with Crippen LogP contribution < -0.4 is 4.90 Å². The lowest BCUT2D eigenvalue weighted by molar-refractivity contribution is 0.0190. The maximum atomic E-state index is 13.1. The number of benzene rings is 1. The molecule has 0 radical (unpaired) electrons. The fraction of sp³-hybridized carbons (Fsp3) is 0.667. The molecule has 2 saturated heterocycles. The third-order valence-corrected chi connectivity index (χ3v) is 6.85. The minimum absolute atomic E-state index is 0.135. The molecule has 0 saturated carbocycles. The van der Waals surface area contributed by atoms with Crippen LogP contribution in [0.4, 0.5) is 10.5 Å². The van der Waals surface area contributed by atoms with Crippen molar-refractivity contribution >= 4 is 17.7 Å². The zero-order chi connectivity index (χ0) is 21.6. The first-order valence-corrected chi connectivity index (χ1v) is 11.3. The van der Waals surface area contributed by atoms with Crippen molar-refractivity contribution in [1.82, 2.24) is 9.80 Å². The number of hydrogen-bond acceptors (Lipinski definition) is 4. The largest absolute Gasteiger partial charge is 0.444 e. The Hall–Kier alpha value is -2.24. The van der Waals surface area contributed by atoms with Crippen LogP contribution >= 0.6 is 0 Å². The van der Waals surface area contributed by atoms with Gasteiger partial charge in [0.05, 0.1) is 0 Å². The topological polar surface area (TPSA) is 53.1 Å². The number of carbonyl (C=O) groups excluding carboxylic acids is 2. The van der Waals surface area contributed by atoms with Crippen molar-refractivity contribution in [3.05, 3.63) is 29.3 Å². The van der Waals surface area contributed by atoms with Crippen molar-refractivity contribution in [2.45, 2.75) is 64.5 Å². The Morgan fingerprint density at radius 2 is 1.70 bits per heavy atom. The molecule has 0 aliphatic carbocycles. The van der Waals surface area contributed by atoms with Crippen LogP contribution in [0.2, 0.25) is 0 Å². The maximum absolute atomic E-state index is 13.1. The summed E-state index contributed by atoms with van der Waals surface area (Å²) in [5.41, 5.74) is 2.64. The van der Waals surface area contributed by atoms with E-state index in [-0.39, 0.29) is 17.9 Å². The average Bonchev–Trinajstić information content (AvgIpc) is 2.98. The number of fused-ring (bicyclic) bond motifs is 3. The van der Waals surface area contributed by atoms with E-state index in [1.54, 1.807) is 0 Å². The number of ether oxygens (including phenoxy) is 1. The van der Waals surface area contributed by atoms with Crippen molar-refractivity contribution in [3.63, 3.8) is 0 Å². The number of amides is 2. The average molecular weight is 414 g/mol. The molecule has 3 aliphatic rings. The van der Waals surface area contributed by atoms with Gasteiger partial charge >= 0.3 is 6.09 Å². The normalized spacial score (nSPS) is 24.5. The predicted octanol–water partition coefficient (Wildman–Crippen LogP) is 4.10. The molecule has 3 aliphatic heterocycles. The Bertz CT molecular complexity index is 823. The SMILES string of the molecule is CC1CCN(C(=O)c2ccc3c(c2)C2CN(C(=O)OC(C)(C)C)CCC2N3C)CC1. The summed E-state index contributed by atoms with van der Waals surface area (Å²) in [5.74, 6) is 1.04. The van der Waals surface area contributed by atoms with Gasteiger partial charge in [-0.15, -0.1) is 0 Å². The number of rotatable bonds is 1. The van der Waals surface area contributed by atoms with Gasteiger partial charge in [0.25, 0.3) is 5.91 Å². The smallest absolute Gasteiger partial charge is 0.410 e. The van der Waals surface area contributed by atoms with Crippen LogP contribution in [0.3, 0.4) is 0 Å². The highest BCUT2D eigenvalue weighted by Gasteiger charge is 2.42. The van der Waals surface area contributed by atoms with E-state index in [2.05, 4.69) is 31.0 Å². The molecule has 0 N–H and O–H groups in total. The summed E-state index contributed by atoms with van der Waals surface area (Å²) < 4.78 is 5.60. The molecular formula is C24H35N3O3. The Balaban J connectivity index is 1.54. The van der Waals surface area contributed by atoms with Crippen molar-refractivity contribution in [2.75, 3.05) is 38.1 Å². The van der Waals surface area contributed by atoms with Gasteiger partial charge in [-0.3, -0.25) is 4.79 Å². The number of likely N-dealkylation sites (tertiary alicyclic amines) is 2. The predicted molar refractivity (Wildman–Crippen MR) is 118 cm³/mol. The molecule has 0 bridgehead atoms. The van der Waals surface area contributed by atoms with Crippen LogP contribution in [-0.2, 0) is 4.74 Å². The number of anilines is 1. The first kappa shape index (κ1) is 21.0. The molecular weight excluding hydrogens is 378 g/mol. The minimum atomic E-state index is -0.496. The second-order valence-corrected chi connectivity index (χ2v) is 10.2.